The molecule has 0 fully saturated rings. The summed E-state index contributed by atoms with van der Waals surface area (Å²) in [4.78, 5) is 28.3. The van der Waals surface area contributed by atoms with Gasteiger partial charge in [0.1, 0.15) is 11.2 Å². The Labute approximate surface area is 97.7 Å². The lowest BCUT2D eigenvalue weighted by molar-refractivity contribution is -0.147. The normalized spacial score (nSPS) is 11.2. The first kappa shape index (κ1) is 12.6. The van der Waals surface area contributed by atoms with Gasteiger partial charge in [0.15, 0.2) is 0 Å². The monoisotopic (exact) mass is 242 g/mol. The van der Waals surface area contributed by atoms with Gasteiger partial charge >= 0.3 is 5.97 Å². The molecule has 0 aliphatic rings. The van der Waals surface area contributed by atoms with E-state index < -0.39 is 11.5 Å². The number of carbonyl (C=O) groups is 2. The smallest absolute Gasteiger partial charge is 0.329 e. The molecule has 5 nitrogen and oxygen atoms in total. The van der Waals surface area contributed by atoms with Crippen LogP contribution in [0.4, 0.5) is 0 Å². The molecular weight excluding hydrogens is 228 g/mol. The van der Waals surface area contributed by atoms with Gasteiger partial charge in [0.2, 0.25) is 0 Å². The maximum Gasteiger partial charge on any atom is 0.329 e. The highest BCUT2D eigenvalue weighted by molar-refractivity contribution is 7.07. The number of thiazole rings is 1. The molecule has 16 heavy (non-hydrogen) atoms. The third-order valence-electron chi connectivity index (χ3n) is 2.41. The number of hydrogen-bond donors (Lipinski definition) is 1. The van der Waals surface area contributed by atoms with Crippen molar-refractivity contribution in [2.75, 3.05) is 6.54 Å². The molecule has 1 N–H and O–H groups in total. The predicted molar refractivity (Wildman–Crippen MR) is 60.5 cm³/mol. The van der Waals surface area contributed by atoms with Crippen LogP contribution in [-0.4, -0.2) is 39.0 Å². The molecule has 0 saturated heterocycles. The van der Waals surface area contributed by atoms with E-state index in [-0.39, 0.29) is 5.91 Å². The van der Waals surface area contributed by atoms with E-state index in [2.05, 4.69) is 4.98 Å². The van der Waals surface area contributed by atoms with Crippen molar-refractivity contribution in [2.45, 2.75) is 26.3 Å². The van der Waals surface area contributed by atoms with Gasteiger partial charge in [-0.05, 0) is 20.8 Å². The van der Waals surface area contributed by atoms with Crippen molar-refractivity contribution < 1.29 is 14.7 Å². The zero-order chi connectivity index (χ0) is 12.3. The second-order valence-electron chi connectivity index (χ2n) is 3.79. The molecule has 0 saturated carbocycles. The lowest BCUT2D eigenvalue weighted by Gasteiger charge is -2.33. The van der Waals surface area contributed by atoms with Gasteiger partial charge in [0.05, 0.1) is 5.51 Å². The Bertz CT molecular complexity index is 387. The SMILES string of the molecule is CCN(C(=O)c1cscn1)C(C)(C)C(=O)O. The van der Waals surface area contributed by atoms with Gasteiger partial charge < -0.3 is 10.0 Å². The van der Waals surface area contributed by atoms with E-state index in [1.165, 1.54) is 30.1 Å². The second kappa shape index (κ2) is 4.61. The van der Waals surface area contributed by atoms with Crippen LogP contribution >= 0.6 is 11.3 Å². The Morgan fingerprint density at radius 3 is 2.56 bits per heavy atom. The van der Waals surface area contributed by atoms with Crippen LogP contribution in [0.1, 0.15) is 31.3 Å². The van der Waals surface area contributed by atoms with E-state index in [4.69, 9.17) is 5.11 Å². The van der Waals surface area contributed by atoms with Crippen molar-refractivity contribution in [3.8, 4) is 0 Å². The largest absolute Gasteiger partial charge is 0.480 e. The standard InChI is InChI=1S/C10H14N2O3S/c1-4-12(10(2,3)9(14)15)8(13)7-5-16-6-11-7/h5-6H,4H2,1-3H3,(H,14,15). The quantitative estimate of drug-likeness (QED) is 0.868. The summed E-state index contributed by atoms with van der Waals surface area (Å²) in [6, 6.07) is 0. The molecule has 1 rings (SSSR count). The maximum absolute atomic E-state index is 12.0. The van der Waals surface area contributed by atoms with Crippen molar-refractivity contribution in [2.24, 2.45) is 0 Å². The van der Waals surface area contributed by atoms with Gasteiger partial charge in [-0.2, -0.15) is 0 Å². The summed E-state index contributed by atoms with van der Waals surface area (Å²) < 4.78 is 0. The molecule has 0 atom stereocenters. The third kappa shape index (κ3) is 2.21. The Hall–Kier alpha value is -1.43. The van der Waals surface area contributed by atoms with Crippen LogP contribution < -0.4 is 0 Å². The number of amides is 1. The fraction of sp³-hybridized carbons (Fsp3) is 0.500. The molecule has 0 unspecified atom stereocenters. The Morgan fingerprint density at radius 2 is 2.19 bits per heavy atom. The van der Waals surface area contributed by atoms with Gasteiger partial charge in [-0.25, -0.2) is 9.78 Å². The molecule has 1 aromatic heterocycles. The van der Waals surface area contributed by atoms with Crippen LogP contribution in [-0.2, 0) is 4.79 Å². The van der Waals surface area contributed by atoms with Crippen molar-refractivity contribution in [1.29, 1.82) is 0 Å². The predicted octanol–water partition coefficient (Wildman–Crippen LogP) is 1.47. The third-order valence-corrected chi connectivity index (χ3v) is 3.00. The molecule has 1 heterocycles. The van der Waals surface area contributed by atoms with E-state index in [1.54, 1.807) is 17.8 Å². The lowest BCUT2D eigenvalue weighted by Crippen LogP contribution is -2.53. The summed E-state index contributed by atoms with van der Waals surface area (Å²) in [5.41, 5.74) is 0.616. The summed E-state index contributed by atoms with van der Waals surface area (Å²) in [6.07, 6.45) is 0. The van der Waals surface area contributed by atoms with Crippen LogP contribution in [0.25, 0.3) is 0 Å². The van der Waals surface area contributed by atoms with Gasteiger partial charge in [-0.15, -0.1) is 11.3 Å². The van der Waals surface area contributed by atoms with Crippen molar-refractivity contribution in [3.05, 3.63) is 16.6 Å². The average molecular weight is 242 g/mol. The first-order valence-corrected chi connectivity index (χ1v) is 5.79. The molecular formula is C10H14N2O3S. The number of nitrogens with zero attached hydrogens (tertiary/aromatic N) is 2. The number of hydrogen-bond acceptors (Lipinski definition) is 4. The molecule has 6 heteroatoms. The van der Waals surface area contributed by atoms with Crippen LogP contribution in [0.2, 0.25) is 0 Å². The van der Waals surface area contributed by atoms with Gasteiger partial charge in [0.25, 0.3) is 5.91 Å². The summed E-state index contributed by atoms with van der Waals surface area (Å²) in [6.45, 7) is 5.08. The number of aliphatic carboxylic acids is 1. The molecule has 0 aliphatic heterocycles. The zero-order valence-electron chi connectivity index (χ0n) is 9.43. The molecule has 0 bridgehead atoms. The average Bonchev–Trinajstić information content (AvgIpc) is 2.70. The van der Waals surface area contributed by atoms with Crippen molar-refractivity contribution in [1.82, 2.24) is 9.88 Å². The summed E-state index contributed by atoms with van der Waals surface area (Å²) in [5, 5.41) is 10.7. The minimum atomic E-state index is -1.23. The van der Waals surface area contributed by atoms with Crippen molar-refractivity contribution >= 4 is 23.2 Å². The van der Waals surface area contributed by atoms with Crippen LogP contribution in [0.3, 0.4) is 0 Å². The van der Waals surface area contributed by atoms with E-state index in [1.807, 2.05) is 0 Å². The lowest BCUT2D eigenvalue weighted by atomic mass is 10.0. The second-order valence-corrected chi connectivity index (χ2v) is 4.51. The van der Waals surface area contributed by atoms with Crippen LogP contribution in [0.5, 0.6) is 0 Å². The Morgan fingerprint density at radius 1 is 1.56 bits per heavy atom. The minimum absolute atomic E-state index is 0.293. The molecule has 0 spiro atoms. The van der Waals surface area contributed by atoms with Crippen molar-refractivity contribution in [3.63, 3.8) is 0 Å². The molecule has 0 aromatic carbocycles. The number of carbonyl (C=O) groups excluding carboxylic acids is 1. The molecule has 1 aromatic rings. The van der Waals surface area contributed by atoms with E-state index >= 15 is 0 Å². The fourth-order valence-electron chi connectivity index (χ4n) is 1.36. The Balaban J connectivity index is 3.00. The molecule has 1 amide bonds. The Kier molecular flexibility index (Phi) is 3.64. The van der Waals surface area contributed by atoms with Gasteiger partial charge in [0, 0.05) is 11.9 Å². The highest BCUT2D eigenvalue weighted by Gasteiger charge is 2.37. The van der Waals surface area contributed by atoms with Crippen LogP contribution in [0.15, 0.2) is 10.9 Å². The number of aromatic nitrogens is 1. The number of carboxylic acids is 1. The first-order chi connectivity index (χ1) is 7.41. The summed E-state index contributed by atoms with van der Waals surface area (Å²) in [5.74, 6) is -1.38. The number of rotatable bonds is 4. The minimum Gasteiger partial charge on any atom is -0.480 e. The van der Waals surface area contributed by atoms with Gasteiger partial charge in [-0.3, -0.25) is 4.79 Å². The molecule has 0 aliphatic carbocycles. The van der Waals surface area contributed by atoms with E-state index in [0.717, 1.165) is 0 Å². The van der Waals surface area contributed by atoms with Gasteiger partial charge in [-0.1, -0.05) is 0 Å². The highest BCUT2D eigenvalue weighted by Crippen LogP contribution is 2.18. The summed E-state index contributed by atoms with van der Waals surface area (Å²) >= 11 is 1.31. The topological polar surface area (TPSA) is 70.5 Å². The van der Waals surface area contributed by atoms with E-state index in [0.29, 0.717) is 12.2 Å². The highest BCUT2D eigenvalue weighted by atomic mass is 32.1. The van der Waals surface area contributed by atoms with Crippen LogP contribution in [0, 0.1) is 0 Å². The maximum atomic E-state index is 12.0. The van der Waals surface area contributed by atoms with E-state index in [9.17, 15) is 9.59 Å². The fourth-order valence-corrected chi connectivity index (χ4v) is 1.89. The molecule has 0 radical (unpaired) electrons. The summed E-state index contributed by atoms with van der Waals surface area (Å²) in [7, 11) is 0. The first-order valence-electron chi connectivity index (χ1n) is 4.84. The number of carboxylic acid groups (broad SMARTS) is 1. The number of likely N-dealkylation sites (N-methyl/N-ethyl adjacent to an activating group) is 1. The zero-order valence-corrected chi connectivity index (χ0v) is 10.2. The molecule has 88 valence electrons.